The van der Waals surface area contributed by atoms with Crippen molar-refractivity contribution in [1.29, 1.82) is 0 Å². The summed E-state index contributed by atoms with van der Waals surface area (Å²) in [6, 6.07) is 11.1. The number of carbonyl (C=O) groups is 2. The summed E-state index contributed by atoms with van der Waals surface area (Å²) in [7, 11) is 0. The fourth-order valence-electron chi connectivity index (χ4n) is 3.20. The highest BCUT2D eigenvalue weighted by molar-refractivity contribution is 7.14. The topological polar surface area (TPSA) is 77.6 Å². The van der Waals surface area contributed by atoms with Gasteiger partial charge in [-0.25, -0.2) is 18.6 Å². The van der Waals surface area contributed by atoms with Crippen LogP contribution in [-0.4, -0.2) is 48.0 Å². The lowest BCUT2D eigenvalue weighted by Crippen LogP contribution is -2.48. The predicted molar refractivity (Wildman–Crippen MR) is 116 cm³/mol. The summed E-state index contributed by atoms with van der Waals surface area (Å²) in [4.78, 5) is 32.8. The minimum atomic E-state index is -0.534. The maximum atomic E-state index is 13.1. The van der Waals surface area contributed by atoms with Crippen LogP contribution >= 0.6 is 11.3 Å². The molecule has 10 heteroatoms. The first-order valence-corrected chi connectivity index (χ1v) is 10.4. The third-order valence-electron chi connectivity index (χ3n) is 4.80. The lowest BCUT2D eigenvalue weighted by atomic mass is 10.2. The van der Waals surface area contributed by atoms with Gasteiger partial charge in [0.15, 0.2) is 5.13 Å². The molecule has 1 saturated heterocycles. The first-order chi connectivity index (χ1) is 15.0. The number of hydrogen-bond donors (Lipinski definition) is 2. The molecule has 0 spiro atoms. The van der Waals surface area contributed by atoms with Crippen LogP contribution < -0.4 is 15.5 Å². The SMILES string of the molecule is O=C(Nc1ccc(F)cc1)Nc1nc(C(=O)N2CCN(c3ccc(F)cc3)CC2)cs1. The summed E-state index contributed by atoms with van der Waals surface area (Å²) in [6.07, 6.45) is 0. The Morgan fingerprint density at radius 2 is 1.48 bits per heavy atom. The van der Waals surface area contributed by atoms with Crippen molar-refractivity contribution in [3.8, 4) is 0 Å². The van der Waals surface area contributed by atoms with Crippen LogP contribution in [0, 0.1) is 11.6 Å². The van der Waals surface area contributed by atoms with Crippen LogP contribution in [0.5, 0.6) is 0 Å². The van der Waals surface area contributed by atoms with E-state index in [4.69, 9.17) is 0 Å². The van der Waals surface area contributed by atoms with Gasteiger partial charge in [0.05, 0.1) is 0 Å². The minimum absolute atomic E-state index is 0.206. The summed E-state index contributed by atoms with van der Waals surface area (Å²) in [5.74, 6) is -0.883. The van der Waals surface area contributed by atoms with E-state index in [-0.39, 0.29) is 22.5 Å². The van der Waals surface area contributed by atoms with Gasteiger partial charge in [0.1, 0.15) is 17.3 Å². The zero-order valence-electron chi connectivity index (χ0n) is 16.3. The van der Waals surface area contributed by atoms with E-state index in [0.717, 1.165) is 17.0 Å². The fourth-order valence-corrected chi connectivity index (χ4v) is 3.88. The van der Waals surface area contributed by atoms with Gasteiger partial charge in [-0.15, -0.1) is 11.3 Å². The number of piperazine rings is 1. The average Bonchev–Trinajstić information content (AvgIpc) is 3.24. The first-order valence-electron chi connectivity index (χ1n) is 9.57. The third-order valence-corrected chi connectivity index (χ3v) is 5.56. The van der Waals surface area contributed by atoms with Gasteiger partial charge in [0.2, 0.25) is 0 Å². The normalized spacial score (nSPS) is 13.7. The molecule has 0 aliphatic carbocycles. The van der Waals surface area contributed by atoms with Crippen LogP contribution in [0.4, 0.5) is 30.1 Å². The summed E-state index contributed by atoms with van der Waals surface area (Å²) in [6.45, 7) is 2.29. The molecule has 31 heavy (non-hydrogen) atoms. The van der Waals surface area contributed by atoms with Gasteiger partial charge in [-0.1, -0.05) is 0 Å². The monoisotopic (exact) mass is 443 g/mol. The smallest absolute Gasteiger partial charge is 0.325 e. The highest BCUT2D eigenvalue weighted by Gasteiger charge is 2.24. The quantitative estimate of drug-likeness (QED) is 0.638. The maximum Gasteiger partial charge on any atom is 0.325 e. The van der Waals surface area contributed by atoms with Gasteiger partial charge in [0.25, 0.3) is 5.91 Å². The molecule has 3 aromatic rings. The Balaban J connectivity index is 1.30. The van der Waals surface area contributed by atoms with E-state index in [0.29, 0.717) is 31.9 Å². The van der Waals surface area contributed by atoms with Gasteiger partial charge in [-0.2, -0.15) is 0 Å². The highest BCUT2D eigenvalue weighted by Crippen LogP contribution is 2.20. The number of urea groups is 1. The van der Waals surface area contributed by atoms with Crippen molar-refractivity contribution >= 4 is 39.8 Å². The van der Waals surface area contributed by atoms with Gasteiger partial charge < -0.3 is 15.1 Å². The van der Waals surface area contributed by atoms with Crippen LogP contribution in [0.3, 0.4) is 0 Å². The second-order valence-electron chi connectivity index (χ2n) is 6.88. The van der Waals surface area contributed by atoms with Crippen LogP contribution in [0.1, 0.15) is 10.5 Å². The van der Waals surface area contributed by atoms with Crippen LogP contribution in [0.25, 0.3) is 0 Å². The number of nitrogens with one attached hydrogen (secondary N) is 2. The molecule has 1 aromatic heterocycles. The third kappa shape index (κ3) is 5.15. The summed E-state index contributed by atoms with van der Waals surface area (Å²) < 4.78 is 26.0. The number of aromatic nitrogens is 1. The number of amides is 3. The number of benzene rings is 2. The number of nitrogens with zero attached hydrogens (tertiary/aromatic N) is 3. The van der Waals surface area contributed by atoms with E-state index in [2.05, 4.69) is 20.5 Å². The zero-order chi connectivity index (χ0) is 21.8. The Morgan fingerprint density at radius 3 is 2.13 bits per heavy atom. The second-order valence-corrected chi connectivity index (χ2v) is 7.74. The molecule has 0 unspecified atom stereocenters. The number of carbonyl (C=O) groups excluding carboxylic acids is 2. The number of halogens is 2. The zero-order valence-corrected chi connectivity index (χ0v) is 17.2. The largest absolute Gasteiger partial charge is 0.368 e. The Kier molecular flexibility index (Phi) is 6.08. The van der Waals surface area contributed by atoms with E-state index >= 15 is 0 Å². The van der Waals surface area contributed by atoms with Crippen molar-refractivity contribution in [2.75, 3.05) is 41.7 Å². The Bertz CT molecular complexity index is 1060. The highest BCUT2D eigenvalue weighted by atomic mass is 32.1. The molecule has 2 N–H and O–H groups in total. The summed E-state index contributed by atoms with van der Waals surface area (Å²) >= 11 is 1.15. The molecular formula is C21H19F2N5O2S. The standard InChI is InChI=1S/C21H19F2N5O2S/c22-14-1-5-16(6-2-14)24-20(30)26-21-25-18(13-31-21)19(29)28-11-9-27(10-12-28)17-7-3-15(23)4-8-17/h1-8,13H,9-12H2,(H2,24,25,26,30). The Morgan fingerprint density at radius 1 is 0.871 bits per heavy atom. The fraction of sp³-hybridized carbons (Fsp3) is 0.190. The lowest BCUT2D eigenvalue weighted by Gasteiger charge is -2.35. The van der Waals surface area contributed by atoms with E-state index < -0.39 is 11.8 Å². The van der Waals surface area contributed by atoms with Gasteiger partial charge in [0, 0.05) is 42.9 Å². The molecule has 2 aromatic carbocycles. The van der Waals surface area contributed by atoms with Crippen molar-refractivity contribution in [1.82, 2.24) is 9.88 Å². The van der Waals surface area contributed by atoms with Crippen molar-refractivity contribution < 1.29 is 18.4 Å². The van der Waals surface area contributed by atoms with Crippen molar-refractivity contribution in [3.05, 3.63) is 71.2 Å². The Labute approximate surface area is 181 Å². The van der Waals surface area contributed by atoms with E-state index in [9.17, 15) is 18.4 Å². The van der Waals surface area contributed by atoms with E-state index in [1.54, 1.807) is 22.4 Å². The molecule has 0 radical (unpaired) electrons. The predicted octanol–water partition coefficient (Wildman–Crippen LogP) is 4.03. The number of rotatable bonds is 4. The Hall–Kier alpha value is -3.53. The molecule has 4 rings (SSSR count). The van der Waals surface area contributed by atoms with Crippen molar-refractivity contribution in [2.24, 2.45) is 0 Å². The molecule has 1 aliphatic heterocycles. The van der Waals surface area contributed by atoms with E-state index in [1.807, 2.05) is 0 Å². The van der Waals surface area contributed by atoms with Crippen LogP contribution in [0.15, 0.2) is 53.9 Å². The number of thiazole rings is 1. The number of hydrogen-bond acceptors (Lipinski definition) is 5. The van der Waals surface area contributed by atoms with Crippen molar-refractivity contribution in [3.63, 3.8) is 0 Å². The molecule has 3 amide bonds. The van der Waals surface area contributed by atoms with Gasteiger partial charge in [-0.05, 0) is 48.5 Å². The number of anilines is 3. The molecule has 2 heterocycles. The first kappa shape index (κ1) is 20.7. The molecule has 0 atom stereocenters. The van der Waals surface area contributed by atoms with Crippen LogP contribution in [0.2, 0.25) is 0 Å². The summed E-state index contributed by atoms with van der Waals surface area (Å²) in [5.41, 5.74) is 1.61. The second kappa shape index (κ2) is 9.09. The van der Waals surface area contributed by atoms with E-state index in [1.165, 1.54) is 36.4 Å². The van der Waals surface area contributed by atoms with Gasteiger partial charge >= 0.3 is 6.03 Å². The van der Waals surface area contributed by atoms with Crippen molar-refractivity contribution in [2.45, 2.75) is 0 Å². The molecule has 1 fully saturated rings. The maximum absolute atomic E-state index is 13.1. The van der Waals surface area contributed by atoms with Gasteiger partial charge in [-0.3, -0.25) is 10.1 Å². The van der Waals surface area contributed by atoms with Crippen LogP contribution in [-0.2, 0) is 0 Å². The lowest BCUT2D eigenvalue weighted by molar-refractivity contribution is 0.0741. The summed E-state index contributed by atoms with van der Waals surface area (Å²) in [5, 5.41) is 7.02. The minimum Gasteiger partial charge on any atom is -0.368 e. The average molecular weight is 443 g/mol. The molecule has 7 nitrogen and oxygen atoms in total. The molecule has 160 valence electrons. The molecule has 0 saturated carbocycles. The molecule has 0 bridgehead atoms. The molecule has 1 aliphatic rings. The molecular weight excluding hydrogens is 424 g/mol.